The first kappa shape index (κ1) is 12.0. The molecule has 0 unspecified atom stereocenters. The van der Waals surface area contributed by atoms with Crippen LogP contribution in [0.5, 0.6) is 0 Å². The minimum absolute atomic E-state index is 0.0253. The Balaban J connectivity index is 2.41. The molecule has 1 aromatic rings. The lowest BCUT2D eigenvalue weighted by atomic mass is 10.3. The van der Waals surface area contributed by atoms with Gasteiger partial charge in [-0.3, -0.25) is 0 Å². The van der Waals surface area contributed by atoms with E-state index < -0.39 is 18.7 Å². The van der Waals surface area contributed by atoms with Crippen molar-refractivity contribution in [3.63, 3.8) is 0 Å². The summed E-state index contributed by atoms with van der Waals surface area (Å²) >= 11 is 1.12. The zero-order valence-corrected chi connectivity index (χ0v) is 8.28. The van der Waals surface area contributed by atoms with E-state index in [1.165, 1.54) is 11.4 Å². The Morgan fingerprint density at radius 1 is 1.53 bits per heavy atom. The van der Waals surface area contributed by atoms with Gasteiger partial charge in [-0.2, -0.15) is 13.2 Å². The summed E-state index contributed by atoms with van der Waals surface area (Å²) < 4.78 is 35.2. The molecule has 0 radical (unpaired) electrons. The van der Waals surface area contributed by atoms with Gasteiger partial charge in [0.05, 0.1) is 12.1 Å². The van der Waals surface area contributed by atoms with Crippen molar-refractivity contribution >= 4 is 17.3 Å². The Bertz CT molecular complexity index is 348. The number of halogens is 3. The Hall–Kier alpha value is -1.08. The van der Waals surface area contributed by atoms with Crippen molar-refractivity contribution < 1.29 is 23.1 Å². The minimum atomic E-state index is -4.24. The first-order valence-corrected chi connectivity index (χ1v) is 4.84. The van der Waals surface area contributed by atoms with E-state index in [1.807, 2.05) is 0 Å². The number of rotatable bonds is 4. The smallest absolute Gasteiger partial charge is 0.401 e. The highest BCUT2D eigenvalue weighted by atomic mass is 32.1. The van der Waals surface area contributed by atoms with E-state index in [-0.39, 0.29) is 12.1 Å². The summed E-state index contributed by atoms with van der Waals surface area (Å²) in [6, 6.07) is 1.36. The van der Waals surface area contributed by atoms with Crippen molar-refractivity contribution in [2.24, 2.45) is 0 Å². The number of aromatic carboxylic acids is 1. The zero-order valence-electron chi connectivity index (χ0n) is 7.47. The molecule has 2 N–H and O–H groups in total. The molecule has 1 aromatic heterocycles. The minimum Gasteiger partial charge on any atom is -0.478 e. The van der Waals surface area contributed by atoms with Crippen LogP contribution in [0.3, 0.4) is 0 Å². The number of carboxylic acid groups (broad SMARTS) is 1. The van der Waals surface area contributed by atoms with Gasteiger partial charge in [-0.1, -0.05) is 0 Å². The van der Waals surface area contributed by atoms with Crippen molar-refractivity contribution in [3.05, 3.63) is 21.9 Å². The van der Waals surface area contributed by atoms with Crippen molar-refractivity contribution in [1.29, 1.82) is 0 Å². The number of carboxylic acids is 1. The molecule has 15 heavy (non-hydrogen) atoms. The summed E-state index contributed by atoms with van der Waals surface area (Å²) in [5.74, 6) is -1.08. The fraction of sp³-hybridized carbons (Fsp3) is 0.375. The van der Waals surface area contributed by atoms with Gasteiger partial charge in [0, 0.05) is 16.8 Å². The maximum Gasteiger partial charge on any atom is 0.401 e. The van der Waals surface area contributed by atoms with Crippen LogP contribution in [0.15, 0.2) is 11.4 Å². The highest BCUT2D eigenvalue weighted by molar-refractivity contribution is 7.10. The van der Waals surface area contributed by atoms with Crippen LogP contribution in [-0.2, 0) is 6.54 Å². The summed E-state index contributed by atoms with van der Waals surface area (Å²) in [5, 5.41) is 12.1. The Labute approximate surface area is 87.5 Å². The zero-order chi connectivity index (χ0) is 11.5. The van der Waals surface area contributed by atoms with E-state index in [9.17, 15) is 18.0 Å². The molecular formula is C8H8F3NO2S. The van der Waals surface area contributed by atoms with Gasteiger partial charge in [-0.25, -0.2) is 4.79 Å². The van der Waals surface area contributed by atoms with Gasteiger partial charge >= 0.3 is 12.1 Å². The normalized spacial score (nSPS) is 11.7. The summed E-state index contributed by atoms with van der Waals surface area (Å²) in [7, 11) is 0. The Morgan fingerprint density at radius 3 is 2.67 bits per heavy atom. The second-order valence-electron chi connectivity index (χ2n) is 2.83. The molecule has 84 valence electrons. The molecule has 0 aliphatic carbocycles. The molecule has 7 heteroatoms. The lowest BCUT2D eigenvalue weighted by Crippen LogP contribution is -2.27. The number of nitrogens with one attached hydrogen (secondary N) is 1. The van der Waals surface area contributed by atoms with Crippen LogP contribution < -0.4 is 5.32 Å². The average molecular weight is 239 g/mol. The van der Waals surface area contributed by atoms with Crippen molar-refractivity contribution in [2.75, 3.05) is 6.54 Å². The highest BCUT2D eigenvalue weighted by Gasteiger charge is 2.26. The molecule has 0 spiro atoms. The van der Waals surface area contributed by atoms with Crippen LogP contribution >= 0.6 is 11.3 Å². The van der Waals surface area contributed by atoms with Crippen molar-refractivity contribution in [1.82, 2.24) is 5.32 Å². The average Bonchev–Trinajstić information content (AvgIpc) is 2.50. The number of hydrogen-bond donors (Lipinski definition) is 2. The SMILES string of the molecule is O=C(O)c1csc(CNCC(F)(F)F)c1. The Morgan fingerprint density at radius 2 is 2.20 bits per heavy atom. The molecule has 0 amide bonds. The topological polar surface area (TPSA) is 49.3 Å². The maximum atomic E-state index is 11.7. The van der Waals surface area contributed by atoms with Gasteiger partial charge in [-0.15, -0.1) is 11.3 Å². The second kappa shape index (κ2) is 4.63. The van der Waals surface area contributed by atoms with Crippen LogP contribution in [0.4, 0.5) is 13.2 Å². The van der Waals surface area contributed by atoms with Crippen LogP contribution in [0.25, 0.3) is 0 Å². The standard InChI is InChI=1S/C8H8F3NO2S/c9-8(10,11)4-12-2-6-1-5(3-15-6)7(13)14/h1,3,12H,2,4H2,(H,13,14). The van der Waals surface area contributed by atoms with Gasteiger partial charge in [0.2, 0.25) is 0 Å². The van der Waals surface area contributed by atoms with Gasteiger partial charge in [0.15, 0.2) is 0 Å². The number of alkyl halides is 3. The molecule has 0 aliphatic rings. The molecular weight excluding hydrogens is 231 g/mol. The van der Waals surface area contributed by atoms with Crippen molar-refractivity contribution in [2.45, 2.75) is 12.7 Å². The quantitative estimate of drug-likeness (QED) is 0.845. The predicted octanol–water partition coefficient (Wildman–Crippen LogP) is 2.10. The van der Waals surface area contributed by atoms with E-state index >= 15 is 0 Å². The number of hydrogen-bond acceptors (Lipinski definition) is 3. The first-order chi connectivity index (χ1) is 6.88. The van der Waals surface area contributed by atoms with E-state index in [0.717, 1.165) is 11.3 Å². The molecule has 0 aliphatic heterocycles. The van der Waals surface area contributed by atoms with Gasteiger partial charge in [-0.05, 0) is 6.07 Å². The largest absolute Gasteiger partial charge is 0.478 e. The summed E-state index contributed by atoms with van der Waals surface area (Å²) in [6.07, 6.45) is -4.24. The van der Waals surface area contributed by atoms with Crippen molar-refractivity contribution in [3.8, 4) is 0 Å². The molecule has 0 atom stereocenters. The number of carbonyl (C=O) groups is 1. The van der Waals surface area contributed by atoms with Crippen LogP contribution in [-0.4, -0.2) is 23.8 Å². The third-order valence-electron chi connectivity index (χ3n) is 1.53. The fourth-order valence-corrected chi connectivity index (χ4v) is 1.74. The van der Waals surface area contributed by atoms with Gasteiger partial charge in [0.25, 0.3) is 0 Å². The van der Waals surface area contributed by atoms with Crippen LogP contribution in [0, 0.1) is 0 Å². The van der Waals surface area contributed by atoms with Gasteiger partial charge in [0.1, 0.15) is 0 Å². The summed E-state index contributed by atoms with van der Waals surface area (Å²) in [6.45, 7) is -1.05. The molecule has 0 saturated carbocycles. The fourth-order valence-electron chi connectivity index (χ4n) is 0.913. The van der Waals surface area contributed by atoms with Crippen LogP contribution in [0.2, 0.25) is 0 Å². The molecule has 0 bridgehead atoms. The molecule has 1 heterocycles. The summed E-state index contributed by atoms with van der Waals surface area (Å²) in [5.41, 5.74) is 0.101. The highest BCUT2D eigenvalue weighted by Crippen LogP contribution is 2.16. The van der Waals surface area contributed by atoms with E-state index in [2.05, 4.69) is 5.32 Å². The van der Waals surface area contributed by atoms with E-state index in [4.69, 9.17) is 5.11 Å². The second-order valence-corrected chi connectivity index (χ2v) is 3.82. The molecule has 0 saturated heterocycles. The molecule has 3 nitrogen and oxygen atoms in total. The molecule has 0 aromatic carbocycles. The third kappa shape index (κ3) is 4.30. The molecule has 0 fully saturated rings. The third-order valence-corrected chi connectivity index (χ3v) is 2.46. The van der Waals surface area contributed by atoms with Crippen LogP contribution in [0.1, 0.15) is 15.2 Å². The monoisotopic (exact) mass is 239 g/mol. The number of thiophene rings is 1. The first-order valence-electron chi connectivity index (χ1n) is 3.96. The lowest BCUT2D eigenvalue weighted by Gasteiger charge is -2.06. The predicted molar refractivity (Wildman–Crippen MR) is 49.0 cm³/mol. The Kier molecular flexibility index (Phi) is 3.70. The molecule has 1 rings (SSSR count). The summed E-state index contributed by atoms with van der Waals surface area (Å²) in [4.78, 5) is 11.0. The maximum absolute atomic E-state index is 11.7. The van der Waals surface area contributed by atoms with Gasteiger partial charge < -0.3 is 10.4 Å². The van der Waals surface area contributed by atoms with E-state index in [0.29, 0.717) is 4.88 Å². The van der Waals surface area contributed by atoms with E-state index in [1.54, 1.807) is 0 Å². The lowest BCUT2D eigenvalue weighted by molar-refractivity contribution is -0.125.